The number of pyridine rings is 1. The molecule has 42 heavy (non-hydrogen) atoms. The number of nitrogens with zero attached hydrogens (tertiary/aromatic N) is 1. The number of nitrogens with one attached hydrogen (secondary N) is 2. The first-order valence-corrected chi connectivity index (χ1v) is 16.8. The number of rotatable bonds is 24. The second-order valence-electron chi connectivity index (χ2n) is 10.6. The average molecular weight is 631 g/mol. The van der Waals surface area contributed by atoms with Crippen molar-refractivity contribution in [3.8, 4) is 0 Å². The molecule has 1 rings (SSSR count). The third-order valence-electron chi connectivity index (χ3n) is 6.59. The third-order valence-corrected chi connectivity index (χ3v) is 6.59. The number of aromatic nitrogens is 1. The second kappa shape index (κ2) is 39.4. The molecule has 0 saturated carbocycles. The van der Waals surface area contributed by atoms with Crippen LogP contribution in [0.4, 0.5) is 0 Å². The van der Waals surface area contributed by atoms with Crippen LogP contribution in [-0.4, -0.2) is 40.2 Å². The summed E-state index contributed by atoms with van der Waals surface area (Å²) in [7, 11) is 0. The number of carbonyl (C=O) groups is 2. The van der Waals surface area contributed by atoms with Crippen LogP contribution in [0.25, 0.3) is 11.5 Å². The molecule has 4 N–H and O–H groups in total. The Hall–Kier alpha value is -1.61. The van der Waals surface area contributed by atoms with Gasteiger partial charge in [0.15, 0.2) is 0 Å². The predicted octanol–water partition coefficient (Wildman–Crippen LogP) is 10.1. The molecule has 0 amide bonds. The van der Waals surface area contributed by atoms with Gasteiger partial charge in [0.2, 0.25) is 0 Å². The monoisotopic (exact) mass is 630 g/mol. The van der Waals surface area contributed by atoms with Crippen LogP contribution in [0.3, 0.4) is 0 Å². The van der Waals surface area contributed by atoms with E-state index in [0.29, 0.717) is 24.5 Å². The van der Waals surface area contributed by atoms with E-state index in [4.69, 9.17) is 25.4 Å². The Morgan fingerprint density at radius 3 is 1.07 bits per heavy atom. The molecule has 0 aromatic carbocycles. The molecule has 1 aromatic rings. The number of carboxylic acids is 2. The Morgan fingerprint density at radius 1 is 0.571 bits per heavy atom. The second-order valence-corrected chi connectivity index (χ2v) is 10.6. The van der Waals surface area contributed by atoms with Crippen molar-refractivity contribution in [3.05, 3.63) is 41.1 Å². The maximum atomic E-state index is 10.3. The normalized spacial score (nSPS) is 9.95. The Labute approximate surface area is 266 Å². The molecular formula is C33H61N3O5V. The van der Waals surface area contributed by atoms with Gasteiger partial charge in [0.05, 0.1) is 24.2 Å². The molecule has 0 aliphatic carbocycles. The van der Waals surface area contributed by atoms with E-state index in [-0.39, 0.29) is 12.8 Å². The summed E-state index contributed by atoms with van der Waals surface area (Å²) < 4.78 is 8.19. The summed E-state index contributed by atoms with van der Waals surface area (Å²) in [5.41, 5.74) is 14.7. The molecular weight excluding hydrogens is 569 g/mol. The first-order valence-electron chi connectivity index (χ1n) is 16.3. The van der Waals surface area contributed by atoms with E-state index in [2.05, 4.69) is 18.8 Å². The molecule has 0 aliphatic heterocycles. The van der Waals surface area contributed by atoms with Crippen LogP contribution < -0.4 is 0 Å². The van der Waals surface area contributed by atoms with Crippen molar-refractivity contribution in [2.75, 3.05) is 13.1 Å². The summed E-state index contributed by atoms with van der Waals surface area (Å²) in [6.07, 6.45) is 26.9. The van der Waals surface area contributed by atoms with Gasteiger partial charge in [0.1, 0.15) is 0 Å². The fourth-order valence-electron chi connectivity index (χ4n) is 4.26. The van der Waals surface area contributed by atoms with Gasteiger partial charge >= 0.3 is 33.0 Å². The molecule has 0 radical (unpaired) electrons. The Balaban J connectivity index is -0.000000528. The van der Waals surface area contributed by atoms with Crippen molar-refractivity contribution in [2.45, 2.75) is 155 Å². The summed E-state index contributed by atoms with van der Waals surface area (Å²) in [5.74, 6) is -1.96. The van der Waals surface area contributed by atoms with Gasteiger partial charge < -0.3 is 21.7 Å². The molecule has 0 aliphatic rings. The van der Waals surface area contributed by atoms with Crippen molar-refractivity contribution in [3.63, 3.8) is 0 Å². The van der Waals surface area contributed by atoms with Crippen molar-refractivity contribution >= 4 is 11.9 Å². The Kier molecular flexibility index (Phi) is 42.0. The Morgan fingerprint density at radius 2 is 0.833 bits per heavy atom. The first-order chi connectivity index (χ1) is 20.4. The number of unbranched alkanes of at least 4 members (excludes halogenated alkanes) is 18. The van der Waals surface area contributed by atoms with Gasteiger partial charge in [-0.05, 0) is 12.1 Å². The molecule has 0 saturated heterocycles. The molecule has 0 bridgehead atoms. The third kappa shape index (κ3) is 40.5. The minimum atomic E-state index is -0.982. The SMILES string of the molecule is CCCCCCCCCCCC[NH-].CCCCCCCCCCCC[NH-].O=C(O)Cc1cccc(CC(=O)O)n1.[O]=[V+2]. The number of hydrogen-bond donors (Lipinski definition) is 2. The van der Waals surface area contributed by atoms with E-state index >= 15 is 0 Å². The van der Waals surface area contributed by atoms with Crippen LogP contribution in [-0.2, 0) is 43.5 Å². The standard InChI is InChI=1S/2C12H26N.C9H9NO4.O.V/c2*1-2-3-4-5-6-7-8-9-10-11-12-13;11-8(12)4-6-2-1-3-7(10-6)5-9(13)14;;/h2*13H,2-12H2,1H3;1-3H,4-5H2,(H,11,12)(H,13,14);;/q2*-1;;;+2. The van der Waals surface area contributed by atoms with Crippen LogP contribution >= 0.6 is 0 Å². The molecule has 243 valence electrons. The molecule has 8 nitrogen and oxygen atoms in total. The fourth-order valence-corrected chi connectivity index (χ4v) is 4.26. The van der Waals surface area contributed by atoms with E-state index in [1.807, 2.05) is 0 Å². The van der Waals surface area contributed by atoms with E-state index in [1.165, 1.54) is 116 Å². The molecule has 0 spiro atoms. The predicted molar refractivity (Wildman–Crippen MR) is 170 cm³/mol. The Bertz CT molecular complexity index is 637. The summed E-state index contributed by atoms with van der Waals surface area (Å²) in [6, 6.07) is 4.71. The van der Waals surface area contributed by atoms with Gasteiger partial charge in [-0.3, -0.25) is 14.6 Å². The zero-order valence-corrected chi connectivity index (χ0v) is 28.1. The molecule has 1 aromatic heterocycles. The summed E-state index contributed by atoms with van der Waals surface area (Å²) >= 11 is 1.06. The van der Waals surface area contributed by atoms with E-state index in [0.717, 1.165) is 30.2 Å². The minimum absolute atomic E-state index is 0.187. The van der Waals surface area contributed by atoms with Gasteiger partial charge in [-0.25, -0.2) is 0 Å². The van der Waals surface area contributed by atoms with Crippen molar-refractivity contribution in [2.24, 2.45) is 0 Å². The topological polar surface area (TPSA) is 152 Å². The number of hydrogen-bond acceptors (Lipinski definition) is 4. The van der Waals surface area contributed by atoms with Crippen LogP contribution in [0.1, 0.15) is 154 Å². The van der Waals surface area contributed by atoms with E-state index in [9.17, 15) is 9.59 Å². The van der Waals surface area contributed by atoms with Crippen LogP contribution in [0.5, 0.6) is 0 Å². The van der Waals surface area contributed by atoms with Gasteiger partial charge in [-0.1, -0.05) is 148 Å². The molecule has 0 unspecified atom stereocenters. The van der Waals surface area contributed by atoms with Gasteiger partial charge in [-0.15, -0.1) is 0 Å². The molecule has 9 heteroatoms. The van der Waals surface area contributed by atoms with Crippen LogP contribution in [0.2, 0.25) is 0 Å². The zero-order chi connectivity index (χ0) is 32.1. The van der Waals surface area contributed by atoms with E-state index < -0.39 is 11.9 Å². The van der Waals surface area contributed by atoms with Crippen LogP contribution in [0, 0.1) is 0 Å². The van der Waals surface area contributed by atoms with Gasteiger partial charge in [0, 0.05) is 0 Å². The van der Waals surface area contributed by atoms with Crippen LogP contribution in [0.15, 0.2) is 18.2 Å². The average Bonchev–Trinajstić information content (AvgIpc) is 2.97. The first kappa shape index (κ1) is 44.8. The van der Waals surface area contributed by atoms with Crippen molar-refractivity contribution < 1.29 is 40.8 Å². The van der Waals surface area contributed by atoms with E-state index in [1.54, 1.807) is 18.2 Å². The fraction of sp³-hybridized carbons (Fsp3) is 0.788. The summed E-state index contributed by atoms with van der Waals surface area (Å²) in [6.45, 7) is 5.77. The van der Waals surface area contributed by atoms with Crippen molar-refractivity contribution in [1.82, 2.24) is 4.98 Å². The molecule has 0 atom stereocenters. The maximum absolute atomic E-state index is 10.3. The summed E-state index contributed by atoms with van der Waals surface area (Å²) in [5, 5.41) is 17.0. The zero-order valence-electron chi connectivity index (χ0n) is 26.7. The molecule has 1 heterocycles. The number of carboxylic acid groups (broad SMARTS) is 2. The van der Waals surface area contributed by atoms with Gasteiger partial charge in [0.25, 0.3) is 0 Å². The molecule has 0 fully saturated rings. The summed E-state index contributed by atoms with van der Waals surface area (Å²) in [4.78, 5) is 24.6. The quantitative estimate of drug-likeness (QED) is 0.108. The number of aliphatic carboxylic acids is 2. The van der Waals surface area contributed by atoms with Crippen molar-refractivity contribution in [1.29, 1.82) is 0 Å². The van der Waals surface area contributed by atoms with Gasteiger partial charge in [-0.2, -0.15) is 13.1 Å².